The lowest BCUT2D eigenvalue weighted by Gasteiger charge is -2.07. The summed E-state index contributed by atoms with van der Waals surface area (Å²) in [5, 5.41) is 8.41. The monoisotopic (exact) mass is 275 g/mol. The van der Waals surface area contributed by atoms with Gasteiger partial charge in [-0.15, -0.1) is 10.2 Å². The number of ether oxygens (including phenoxy) is 1. The Bertz CT molecular complexity index is 755. The van der Waals surface area contributed by atoms with Crippen LogP contribution in [0, 0.1) is 6.92 Å². The van der Waals surface area contributed by atoms with Crippen molar-refractivity contribution in [2.24, 2.45) is 0 Å². The molecule has 2 heterocycles. The van der Waals surface area contributed by atoms with E-state index in [0.29, 0.717) is 28.0 Å². The second kappa shape index (κ2) is 4.40. The predicted molar refractivity (Wildman–Crippen MR) is 71.5 cm³/mol. The molecule has 0 aliphatic carbocycles. The maximum atomic E-state index is 6.06. The van der Waals surface area contributed by atoms with Crippen LogP contribution in [-0.4, -0.2) is 19.6 Å². The second-order valence-corrected chi connectivity index (χ2v) is 4.37. The Labute approximate surface area is 113 Å². The molecule has 3 rings (SSSR count). The van der Waals surface area contributed by atoms with Crippen LogP contribution in [0.2, 0.25) is 5.02 Å². The van der Waals surface area contributed by atoms with Crippen molar-refractivity contribution in [1.82, 2.24) is 19.6 Å². The van der Waals surface area contributed by atoms with E-state index in [2.05, 4.69) is 15.2 Å². The van der Waals surface area contributed by atoms with Gasteiger partial charge >= 0.3 is 0 Å². The molecule has 0 amide bonds. The van der Waals surface area contributed by atoms with E-state index in [1.807, 2.05) is 6.92 Å². The van der Waals surface area contributed by atoms with Crippen LogP contribution in [0.25, 0.3) is 5.65 Å². The lowest BCUT2D eigenvalue weighted by Crippen LogP contribution is -1.95. The van der Waals surface area contributed by atoms with Crippen LogP contribution in [0.1, 0.15) is 5.82 Å². The maximum absolute atomic E-state index is 6.06. The molecular weight excluding hydrogens is 266 g/mol. The van der Waals surface area contributed by atoms with Crippen molar-refractivity contribution in [2.75, 3.05) is 5.73 Å². The number of nitrogens with two attached hydrogens (primary N) is 1. The summed E-state index contributed by atoms with van der Waals surface area (Å²) in [6, 6.07) is 5.01. The van der Waals surface area contributed by atoms with Gasteiger partial charge in [-0.05, 0) is 25.1 Å². The molecule has 0 unspecified atom stereocenters. The molecule has 0 fully saturated rings. The molecule has 0 spiro atoms. The van der Waals surface area contributed by atoms with Gasteiger partial charge in [0.2, 0.25) is 5.65 Å². The summed E-state index contributed by atoms with van der Waals surface area (Å²) in [5.74, 6) is 1.57. The summed E-state index contributed by atoms with van der Waals surface area (Å²) in [4.78, 5) is 4.14. The molecule has 2 aromatic heterocycles. The minimum Gasteiger partial charge on any atom is -0.434 e. The number of hydrogen-bond acceptors (Lipinski definition) is 5. The highest BCUT2D eigenvalue weighted by Gasteiger charge is 2.11. The van der Waals surface area contributed by atoms with Gasteiger partial charge in [0.05, 0.1) is 5.02 Å². The van der Waals surface area contributed by atoms with Crippen molar-refractivity contribution in [1.29, 1.82) is 0 Å². The van der Waals surface area contributed by atoms with Crippen LogP contribution in [0.5, 0.6) is 11.6 Å². The summed E-state index contributed by atoms with van der Waals surface area (Å²) in [5.41, 5.74) is 6.74. The standard InChI is InChI=1S/C12H10ClN5O/c1-7-16-17-11-12(15-4-5-18(7)11)19-10-3-2-8(14)6-9(10)13/h2-6H,14H2,1H3. The number of nitrogens with zero attached hydrogens (tertiary/aromatic N) is 4. The van der Waals surface area contributed by atoms with Crippen molar-refractivity contribution < 1.29 is 4.74 Å². The number of hydrogen-bond donors (Lipinski definition) is 1. The van der Waals surface area contributed by atoms with E-state index in [1.165, 1.54) is 0 Å². The average Bonchev–Trinajstić information content (AvgIpc) is 2.76. The molecule has 0 aliphatic heterocycles. The largest absolute Gasteiger partial charge is 0.434 e. The number of aromatic nitrogens is 4. The number of anilines is 1. The molecule has 1 aromatic carbocycles. The first-order chi connectivity index (χ1) is 9.15. The lowest BCUT2D eigenvalue weighted by atomic mass is 10.3. The lowest BCUT2D eigenvalue weighted by molar-refractivity contribution is 0.465. The van der Waals surface area contributed by atoms with E-state index in [-0.39, 0.29) is 0 Å². The van der Waals surface area contributed by atoms with Gasteiger partial charge in [0, 0.05) is 18.1 Å². The van der Waals surface area contributed by atoms with Crippen LogP contribution in [0.15, 0.2) is 30.6 Å². The SMILES string of the molecule is Cc1nnc2c(Oc3ccc(N)cc3Cl)nccn12. The second-order valence-electron chi connectivity index (χ2n) is 3.97. The topological polar surface area (TPSA) is 78.3 Å². The number of aryl methyl sites for hydroxylation is 1. The third kappa shape index (κ3) is 2.06. The zero-order valence-corrected chi connectivity index (χ0v) is 10.8. The number of fused-ring (bicyclic) bond motifs is 1. The van der Waals surface area contributed by atoms with E-state index in [0.717, 1.165) is 5.82 Å². The first-order valence-electron chi connectivity index (χ1n) is 5.54. The van der Waals surface area contributed by atoms with Gasteiger partial charge < -0.3 is 10.5 Å². The molecule has 0 radical (unpaired) electrons. The Balaban J connectivity index is 2.06. The van der Waals surface area contributed by atoms with Crippen LogP contribution in [0.4, 0.5) is 5.69 Å². The van der Waals surface area contributed by atoms with Crippen molar-refractivity contribution in [2.45, 2.75) is 6.92 Å². The van der Waals surface area contributed by atoms with Crippen molar-refractivity contribution in [3.8, 4) is 11.6 Å². The van der Waals surface area contributed by atoms with Gasteiger partial charge in [-0.2, -0.15) is 0 Å². The normalized spacial score (nSPS) is 10.8. The molecule has 0 atom stereocenters. The highest BCUT2D eigenvalue weighted by Crippen LogP contribution is 2.31. The molecule has 0 aliphatic rings. The molecule has 0 saturated carbocycles. The Morgan fingerprint density at radius 3 is 2.95 bits per heavy atom. The first kappa shape index (κ1) is 11.7. The van der Waals surface area contributed by atoms with E-state index in [1.54, 1.807) is 35.0 Å². The summed E-state index contributed by atoms with van der Waals surface area (Å²) in [7, 11) is 0. The van der Waals surface area contributed by atoms with Crippen LogP contribution >= 0.6 is 11.6 Å². The number of benzene rings is 1. The first-order valence-corrected chi connectivity index (χ1v) is 5.92. The van der Waals surface area contributed by atoms with E-state index in [9.17, 15) is 0 Å². The molecule has 19 heavy (non-hydrogen) atoms. The van der Waals surface area contributed by atoms with Gasteiger partial charge in [-0.1, -0.05) is 11.6 Å². The van der Waals surface area contributed by atoms with Gasteiger partial charge in [0.25, 0.3) is 5.88 Å². The molecule has 96 valence electrons. The fourth-order valence-corrected chi connectivity index (χ4v) is 1.92. The zero-order valence-electron chi connectivity index (χ0n) is 10.0. The van der Waals surface area contributed by atoms with Crippen molar-refractivity contribution >= 4 is 22.9 Å². The fraction of sp³-hybridized carbons (Fsp3) is 0.0833. The highest BCUT2D eigenvalue weighted by atomic mass is 35.5. The smallest absolute Gasteiger partial charge is 0.265 e. The van der Waals surface area contributed by atoms with Gasteiger partial charge in [-0.3, -0.25) is 4.40 Å². The van der Waals surface area contributed by atoms with Crippen molar-refractivity contribution in [3.05, 3.63) is 41.4 Å². The fourth-order valence-electron chi connectivity index (χ4n) is 1.70. The third-order valence-electron chi connectivity index (χ3n) is 2.63. The Kier molecular flexibility index (Phi) is 2.72. The molecule has 0 bridgehead atoms. The van der Waals surface area contributed by atoms with Crippen molar-refractivity contribution in [3.63, 3.8) is 0 Å². The summed E-state index contributed by atoms with van der Waals surface area (Å²) < 4.78 is 7.45. The number of nitrogen functional groups attached to an aromatic ring is 1. The van der Waals surface area contributed by atoms with E-state index in [4.69, 9.17) is 22.1 Å². The molecule has 0 saturated heterocycles. The van der Waals surface area contributed by atoms with E-state index >= 15 is 0 Å². The Morgan fingerprint density at radius 1 is 1.32 bits per heavy atom. The van der Waals surface area contributed by atoms with Gasteiger partial charge in [0.15, 0.2) is 0 Å². The quantitative estimate of drug-likeness (QED) is 0.727. The number of rotatable bonds is 2. The van der Waals surface area contributed by atoms with Gasteiger partial charge in [0.1, 0.15) is 11.6 Å². The maximum Gasteiger partial charge on any atom is 0.265 e. The molecule has 7 heteroatoms. The summed E-state index contributed by atoms with van der Waals surface area (Å²) >= 11 is 6.06. The molecular formula is C12H10ClN5O. The average molecular weight is 276 g/mol. The third-order valence-corrected chi connectivity index (χ3v) is 2.92. The summed E-state index contributed by atoms with van der Waals surface area (Å²) in [6.07, 6.45) is 3.38. The Morgan fingerprint density at radius 2 is 2.16 bits per heavy atom. The van der Waals surface area contributed by atoms with Crippen LogP contribution in [-0.2, 0) is 0 Å². The predicted octanol–water partition coefficient (Wildman–Crippen LogP) is 2.46. The van der Waals surface area contributed by atoms with E-state index < -0.39 is 0 Å². The van der Waals surface area contributed by atoms with Crippen LogP contribution in [0.3, 0.4) is 0 Å². The number of halogens is 1. The highest BCUT2D eigenvalue weighted by molar-refractivity contribution is 6.32. The molecule has 6 nitrogen and oxygen atoms in total. The minimum absolute atomic E-state index is 0.342. The summed E-state index contributed by atoms with van der Waals surface area (Å²) in [6.45, 7) is 1.85. The molecule has 2 N–H and O–H groups in total. The minimum atomic E-state index is 0.342. The van der Waals surface area contributed by atoms with Gasteiger partial charge in [-0.25, -0.2) is 4.98 Å². The Hall–Kier alpha value is -2.34. The zero-order chi connectivity index (χ0) is 13.4. The molecule has 3 aromatic rings. The van der Waals surface area contributed by atoms with Crippen LogP contribution < -0.4 is 10.5 Å².